The molecule has 5 N–H and O–H groups in total. The molecule has 4 aromatic rings. The molecule has 0 fully saturated rings. The summed E-state index contributed by atoms with van der Waals surface area (Å²) in [5, 5.41) is 15.0. The normalized spacial score (nSPS) is 12.3. The van der Waals surface area contributed by atoms with Crippen LogP contribution in [0, 0.1) is 39.5 Å². The average molecular weight is 887 g/mol. The van der Waals surface area contributed by atoms with E-state index in [1.807, 2.05) is 48.5 Å². The Balaban J connectivity index is 0.000000337. The van der Waals surface area contributed by atoms with Gasteiger partial charge in [0.15, 0.2) is 0 Å². The van der Waals surface area contributed by atoms with E-state index in [0.29, 0.717) is 44.4 Å². The Hall–Kier alpha value is -3.98. The lowest BCUT2D eigenvalue weighted by molar-refractivity contribution is -0.136. The van der Waals surface area contributed by atoms with Gasteiger partial charge in [-0.25, -0.2) is 0 Å². The summed E-state index contributed by atoms with van der Waals surface area (Å²) in [7, 11) is -3.89. The summed E-state index contributed by atoms with van der Waals surface area (Å²) in [5.74, 6) is 2.42. The first-order chi connectivity index (χ1) is 30.2. The molecule has 348 valence electrons. The third kappa shape index (κ3) is 24.0. The molecule has 0 aliphatic carbocycles. The van der Waals surface area contributed by atoms with Gasteiger partial charge in [0.05, 0.1) is 25.8 Å². The van der Waals surface area contributed by atoms with Crippen molar-refractivity contribution in [3.8, 4) is 11.5 Å². The SMILES string of the molecule is CCCC(CCCOc1ccc(CNCCC(=O)O)cc1)Cc1ccc(C)c(C)c1.CCCCC(CCCOc1ccc(CNCCCP(=O)(O)O)cc1)Cc1ccc(C)c(C)c1. The minimum Gasteiger partial charge on any atom is -0.494 e. The molecule has 10 heteroatoms. The first-order valence-corrected chi connectivity index (χ1v) is 25.3. The summed E-state index contributed by atoms with van der Waals surface area (Å²) < 4.78 is 22.8. The van der Waals surface area contributed by atoms with Crippen LogP contribution >= 0.6 is 7.60 Å². The lowest BCUT2D eigenvalue weighted by atomic mass is 9.89. The topological polar surface area (TPSA) is 137 Å². The molecule has 9 nitrogen and oxygen atoms in total. The van der Waals surface area contributed by atoms with Crippen LogP contribution in [0.4, 0.5) is 0 Å². The van der Waals surface area contributed by atoms with Gasteiger partial charge in [0.2, 0.25) is 0 Å². The van der Waals surface area contributed by atoms with Crippen molar-refractivity contribution in [1.82, 2.24) is 10.6 Å². The van der Waals surface area contributed by atoms with Crippen LogP contribution in [-0.4, -0.2) is 53.3 Å². The highest BCUT2D eigenvalue weighted by atomic mass is 31.2. The number of aryl methyl sites for hydroxylation is 4. The largest absolute Gasteiger partial charge is 0.494 e. The molecule has 0 aliphatic heterocycles. The van der Waals surface area contributed by atoms with Gasteiger partial charge < -0.3 is 35.0 Å². The highest BCUT2D eigenvalue weighted by Gasteiger charge is 2.13. The zero-order valence-corrected chi connectivity index (χ0v) is 40.2. The van der Waals surface area contributed by atoms with Gasteiger partial charge in [-0.05, 0) is 160 Å². The predicted molar refractivity (Wildman–Crippen MR) is 260 cm³/mol. The Morgan fingerprint density at radius 2 is 1.02 bits per heavy atom. The van der Waals surface area contributed by atoms with Crippen molar-refractivity contribution in [2.24, 2.45) is 11.8 Å². The summed E-state index contributed by atoms with van der Waals surface area (Å²) in [6.07, 6.45) is 13.6. The second-order valence-corrected chi connectivity index (χ2v) is 19.2. The van der Waals surface area contributed by atoms with E-state index >= 15 is 0 Å². The van der Waals surface area contributed by atoms with Crippen molar-refractivity contribution >= 4 is 13.6 Å². The number of hydrogen-bond donors (Lipinski definition) is 5. The number of carboxylic acids is 1. The monoisotopic (exact) mass is 887 g/mol. The van der Waals surface area contributed by atoms with Crippen LogP contribution in [0.5, 0.6) is 11.5 Å². The molecule has 0 radical (unpaired) electrons. The summed E-state index contributed by atoms with van der Waals surface area (Å²) in [4.78, 5) is 28.3. The van der Waals surface area contributed by atoms with Crippen molar-refractivity contribution in [2.75, 3.05) is 32.5 Å². The van der Waals surface area contributed by atoms with Crippen molar-refractivity contribution in [2.45, 2.75) is 138 Å². The second kappa shape index (κ2) is 30.2. The molecule has 0 saturated carbocycles. The molecule has 0 saturated heterocycles. The Labute approximate surface area is 380 Å². The highest BCUT2D eigenvalue weighted by Crippen LogP contribution is 2.34. The molecule has 2 unspecified atom stereocenters. The predicted octanol–water partition coefficient (Wildman–Crippen LogP) is 11.9. The number of rotatable bonds is 30. The highest BCUT2D eigenvalue weighted by molar-refractivity contribution is 7.51. The van der Waals surface area contributed by atoms with Gasteiger partial charge in [0.25, 0.3) is 0 Å². The molecular weight excluding hydrogens is 808 g/mol. The molecule has 0 heterocycles. The zero-order chi connectivity index (χ0) is 45.9. The van der Waals surface area contributed by atoms with E-state index in [1.165, 1.54) is 78.3 Å². The van der Waals surface area contributed by atoms with E-state index < -0.39 is 13.6 Å². The van der Waals surface area contributed by atoms with Gasteiger partial charge in [0, 0.05) is 19.6 Å². The maximum Gasteiger partial charge on any atom is 0.325 e. The summed E-state index contributed by atoms with van der Waals surface area (Å²) in [5.41, 5.74) is 10.6. The molecular formula is C53H79N2O7P. The minimum atomic E-state index is -3.89. The fourth-order valence-electron chi connectivity index (χ4n) is 7.73. The third-order valence-corrected chi connectivity index (χ3v) is 12.6. The van der Waals surface area contributed by atoms with E-state index in [2.05, 4.69) is 88.6 Å². The average Bonchev–Trinajstić information content (AvgIpc) is 3.25. The summed E-state index contributed by atoms with van der Waals surface area (Å²) in [6.45, 7) is 17.1. The number of aliphatic carboxylic acids is 1. The first kappa shape index (κ1) is 53.4. The standard InChI is InChI=1S/C27H42NO4P.C26H37NO3/c1-4-5-8-24(20-26-11-10-22(2)23(3)19-26)9-6-17-32-27-14-12-25(13-15-27)21-28-16-7-18-33(29,30)31;1-4-6-22(18-24-9-8-20(2)21(3)17-24)7-5-16-30-25-12-10-23(11-13-25)19-27-15-14-26(28)29/h10-15,19,24,28H,4-9,16-18,20-21H2,1-3H3,(H2,29,30,31);8-13,17,22,27H,4-7,14-16,18-19H2,1-3H3,(H,28,29). The summed E-state index contributed by atoms with van der Waals surface area (Å²) in [6, 6.07) is 29.8. The number of carbonyl (C=O) groups is 1. The van der Waals surface area contributed by atoms with Gasteiger partial charge in [-0.1, -0.05) is 107 Å². The Bertz CT molecular complexity index is 1910. The molecule has 4 aromatic carbocycles. The number of benzene rings is 4. The van der Waals surface area contributed by atoms with Crippen molar-refractivity contribution in [3.63, 3.8) is 0 Å². The molecule has 0 aliphatic rings. The number of hydrogen-bond acceptors (Lipinski definition) is 6. The Kier molecular flexibility index (Phi) is 25.6. The van der Waals surface area contributed by atoms with Crippen LogP contribution < -0.4 is 20.1 Å². The van der Waals surface area contributed by atoms with Crippen LogP contribution in [0.15, 0.2) is 84.9 Å². The van der Waals surface area contributed by atoms with Crippen molar-refractivity contribution in [3.05, 3.63) is 129 Å². The van der Waals surface area contributed by atoms with E-state index in [1.54, 1.807) is 0 Å². The van der Waals surface area contributed by atoms with Gasteiger partial charge in [-0.3, -0.25) is 9.36 Å². The molecule has 4 rings (SSSR count). The zero-order valence-electron chi connectivity index (χ0n) is 39.3. The van der Waals surface area contributed by atoms with Crippen LogP contribution in [-0.2, 0) is 35.3 Å². The summed E-state index contributed by atoms with van der Waals surface area (Å²) >= 11 is 0. The van der Waals surface area contributed by atoms with Crippen molar-refractivity contribution in [1.29, 1.82) is 0 Å². The maximum absolute atomic E-state index is 10.9. The lowest BCUT2D eigenvalue weighted by Crippen LogP contribution is -2.17. The number of ether oxygens (including phenoxy) is 2. The molecule has 0 bridgehead atoms. The van der Waals surface area contributed by atoms with E-state index in [-0.39, 0.29) is 12.6 Å². The first-order valence-electron chi connectivity index (χ1n) is 23.5. The molecule has 0 spiro atoms. The van der Waals surface area contributed by atoms with Crippen LogP contribution in [0.25, 0.3) is 0 Å². The van der Waals surface area contributed by atoms with E-state index in [4.69, 9.17) is 24.4 Å². The van der Waals surface area contributed by atoms with Crippen LogP contribution in [0.1, 0.15) is 129 Å². The third-order valence-electron chi connectivity index (χ3n) is 11.7. The number of carboxylic acid groups (broad SMARTS) is 1. The van der Waals surface area contributed by atoms with Gasteiger partial charge in [-0.15, -0.1) is 0 Å². The molecule has 0 aromatic heterocycles. The quantitative estimate of drug-likeness (QED) is 0.0256. The smallest absolute Gasteiger partial charge is 0.325 e. The van der Waals surface area contributed by atoms with Crippen LogP contribution in [0.2, 0.25) is 0 Å². The van der Waals surface area contributed by atoms with E-state index in [9.17, 15) is 9.36 Å². The lowest BCUT2D eigenvalue weighted by Gasteiger charge is -2.18. The fourth-order valence-corrected chi connectivity index (χ4v) is 8.30. The molecule has 0 amide bonds. The Morgan fingerprint density at radius 1 is 0.571 bits per heavy atom. The fraction of sp³-hybridized carbons (Fsp3) is 0.528. The van der Waals surface area contributed by atoms with Gasteiger partial charge in [-0.2, -0.15) is 0 Å². The van der Waals surface area contributed by atoms with Crippen molar-refractivity contribution < 1.29 is 33.7 Å². The van der Waals surface area contributed by atoms with Gasteiger partial charge in [0.1, 0.15) is 11.5 Å². The van der Waals surface area contributed by atoms with Crippen LogP contribution in [0.3, 0.4) is 0 Å². The number of nitrogens with one attached hydrogen (secondary N) is 2. The minimum absolute atomic E-state index is 0.0727. The second-order valence-electron chi connectivity index (χ2n) is 17.4. The maximum atomic E-state index is 10.9. The van der Waals surface area contributed by atoms with E-state index in [0.717, 1.165) is 61.5 Å². The van der Waals surface area contributed by atoms with Gasteiger partial charge >= 0.3 is 13.6 Å². The Morgan fingerprint density at radius 3 is 1.44 bits per heavy atom. The molecule has 2 atom stereocenters. The number of unbranched alkanes of at least 4 members (excludes halogenated alkanes) is 1. The molecule has 63 heavy (non-hydrogen) atoms.